The zero-order valence-corrected chi connectivity index (χ0v) is 13.0. The zero-order chi connectivity index (χ0) is 14.9. The van der Waals surface area contributed by atoms with Crippen molar-refractivity contribution in [3.05, 3.63) is 41.9 Å². The summed E-state index contributed by atoms with van der Waals surface area (Å²) in [6, 6.07) is 10.0. The quantitative estimate of drug-likeness (QED) is 0.788. The van der Waals surface area contributed by atoms with Crippen molar-refractivity contribution in [3.8, 4) is 11.3 Å². The fourth-order valence-corrected chi connectivity index (χ4v) is 3.82. The van der Waals surface area contributed by atoms with Crippen molar-refractivity contribution < 1.29 is 4.79 Å². The molecule has 4 nitrogen and oxygen atoms in total. The highest BCUT2D eigenvalue weighted by Gasteiger charge is 2.25. The molecule has 0 saturated heterocycles. The smallest absolute Gasteiger partial charge is 0.228 e. The molecular weight excluding hydrogens is 294 g/mol. The lowest BCUT2D eigenvalue weighted by Crippen LogP contribution is -2.21. The summed E-state index contributed by atoms with van der Waals surface area (Å²) in [6.45, 7) is 0. The Morgan fingerprint density at radius 3 is 2.77 bits per heavy atom. The number of carbonyl (C=O) groups is 1. The summed E-state index contributed by atoms with van der Waals surface area (Å²) in [7, 11) is 0. The predicted octanol–water partition coefficient (Wildman–Crippen LogP) is 4.19. The Hall–Kier alpha value is -2.14. The molecule has 4 rings (SSSR count). The highest BCUT2D eigenvalue weighted by atomic mass is 32.1. The molecule has 0 bridgehead atoms. The van der Waals surface area contributed by atoms with Gasteiger partial charge in [0, 0.05) is 23.1 Å². The number of aromatic nitrogens is 2. The van der Waals surface area contributed by atoms with Crippen LogP contribution in [-0.2, 0) is 4.79 Å². The number of amides is 1. The van der Waals surface area contributed by atoms with Crippen molar-refractivity contribution in [2.45, 2.75) is 25.7 Å². The highest BCUT2D eigenvalue weighted by Crippen LogP contribution is 2.32. The molecule has 0 unspecified atom stereocenters. The molecular formula is C17H17N3OS. The van der Waals surface area contributed by atoms with E-state index in [-0.39, 0.29) is 11.8 Å². The molecule has 1 amide bonds. The standard InChI is InChI=1S/C17H17N3OS/c21-16(13-8-4-5-9-13)19-15-14(12-6-2-1-3-7-12)18-17-20(15)10-11-22-17/h1-3,6-7,10-11,13H,4-5,8-9H2,(H,19,21). The van der Waals surface area contributed by atoms with Crippen LogP contribution in [0.25, 0.3) is 16.2 Å². The molecule has 0 atom stereocenters. The van der Waals surface area contributed by atoms with Gasteiger partial charge in [-0.1, -0.05) is 43.2 Å². The third-order valence-electron chi connectivity index (χ3n) is 4.28. The number of nitrogens with zero attached hydrogens (tertiary/aromatic N) is 2. The largest absolute Gasteiger partial charge is 0.310 e. The van der Waals surface area contributed by atoms with E-state index in [4.69, 9.17) is 0 Å². The zero-order valence-electron chi connectivity index (χ0n) is 12.2. The molecule has 0 aliphatic heterocycles. The van der Waals surface area contributed by atoms with E-state index < -0.39 is 0 Å². The molecule has 1 aromatic carbocycles. The molecule has 3 aromatic rings. The van der Waals surface area contributed by atoms with Crippen molar-refractivity contribution in [1.82, 2.24) is 9.38 Å². The van der Waals surface area contributed by atoms with Crippen LogP contribution in [0.1, 0.15) is 25.7 Å². The lowest BCUT2D eigenvalue weighted by atomic mass is 10.1. The van der Waals surface area contributed by atoms with Gasteiger partial charge >= 0.3 is 0 Å². The van der Waals surface area contributed by atoms with Crippen LogP contribution in [0, 0.1) is 5.92 Å². The maximum Gasteiger partial charge on any atom is 0.228 e. The maximum atomic E-state index is 12.5. The van der Waals surface area contributed by atoms with E-state index in [1.165, 1.54) is 0 Å². The third kappa shape index (κ3) is 2.31. The number of carbonyl (C=O) groups excluding carboxylic acids is 1. The van der Waals surface area contributed by atoms with E-state index in [0.29, 0.717) is 0 Å². The number of anilines is 1. The fraction of sp³-hybridized carbons (Fsp3) is 0.294. The van der Waals surface area contributed by atoms with Crippen LogP contribution in [0.4, 0.5) is 5.82 Å². The van der Waals surface area contributed by atoms with Gasteiger partial charge in [0.05, 0.1) is 0 Å². The second-order valence-corrected chi connectivity index (χ2v) is 6.57. The Kier molecular flexibility index (Phi) is 3.42. The molecule has 1 aliphatic carbocycles. The normalized spacial score (nSPS) is 15.5. The van der Waals surface area contributed by atoms with Crippen molar-refractivity contribution in [2.75, 3.05) is 5.32 Å². The Labute approximate surface area is 132 Å². The molecule has 1 N–H and O–H groups in total. The average molecular weight is 311 g/mol. The van der Waals surface area contributed by atoms with Crippen LogP contribution in [-0.4, -0.2) is 15.3 Å². The van der Waals surface area contributed by atoms with Gasteiger partial charge in [-0.3, -0.25) is 9.20 Å². The van der Waals surface area contributed by atoms with Gasteiger partial charge in [0.1, 0.15) is 11.5 Å². The van der Waals surface area contributed by atoms with Gasteiger partial charge in [0.2, 0.25) is 5.91 Å². The molecule has 0 radical (unpaired) electrons. The minimum atomic E-state index is 0.127. The second kappa shape index (κ2) is 5.57. The van der Waals surface area contributed by atoms with E-state index in [1.54, 1.807) is 11.3 Å². The van der Waals surface area contributed by atoms with E-state index in [0.717, 1.165) is 47.7 Å². The summed E-state index contributed by atoms with van der Waals surface area (Å²) in [6.07, 6.45) is 6.27. The number of benzene rings is 1. The Balaban J connectivity index is 1.74. The van der Waals surface area contributed by atoms with Crippen LogP contribution in [0.3, 0.4) is 0 Å². The number of rotatable bonds is 3. The molecule has 22 heavy (non-hydrogen) atoms. The number of nitrogens with one attached hydrogen (secondary N) is 1. The Bertz CT molecular complexity index is 800. The van der Waals surface area contributed by atoms with Gasteiger partial charge in [-0.15, -0.1) is 11.3 Å². The summed E-state index contributed by atoms with van der Waals surface area (Å²) in [5, 5.41) is 5.12. The SMILES string of the molecule is O=C(Nc1c(-c2ccccc2)nc2sccn12)C1CCCC1. The Morgan fingerprint density at radius 1 is 1.23 bits per heavy atom. The summed E-state index contributed by atoms with van der Waals surface area (Å²) in [4.78, 5) is 18.1. The summed E-state index contributed by atoms with van der Waals surface area (Å²) in [5.41, 5.74) is 1.87. The van der Waals surface area contributed by atoms with Crippen LogP contribution in [0.5, 0.6) is 0 Å². The number of thiazole rings is 1. The highest BCUT2D eigenvalue weighted by molar-refractivity contribution is 7.15. The van der Waals surface area contributed by atoms with Gasteiger partial charge in [0.15, 0.2) is 4.96 Å². The van der Waals surface area contributed by atoms with Crippen molar-refractivity contribution >= 4 is 28.0 Å². The van der Waals surface area contributed by atoms with Crippen molar-refractivity contribution in [3.63, 3.8) is 0 Å². The summed E-state index contributed by atoms with van der Waals surface area (Å²) >= 11 is 1.58. The minimum absolute atomic E-state index is 0.127. The molecule has 112 valence electrons. The molecule has 1 fully saturated rings. The van der Waals surface area contributed by atoms with E-state index in [9.17, 15) is 4.79 Å². The van der Waals surface area contributed by atoms with Crippen molar-refractivity contribution in [1.29, 1.82) is 0 Å². The van der Waals surface area contributed by atoms with Gasteiger partial charge in [-0.05, 0) is 12.8 Å². The maximum absolute atomic E-state index is 12.5. The van der Waals surface area contributed by atoms with Crippen LogP contribution < -0.4 is 5.32 Å². The topological polar surface area (TPSA) is 46.4 Å². The van der Waals surface area contributed by atoms with Crippen LogP contribution in [0.15, 0.2) is 41.9 Å². The lowest BCUT2D eigenvalue weighted by Gasteiger charge is -2.11. The van der Waals surface area contributed by atoms with Gasteiger partial charge in [0.25, 0.3) is 0 Å². The van der Waals surface area contributed by atoms with Gasteiger partial charge in [-0.25, -0.2) is 4.98 Å². The number of hydrogen-bond donors (Lipinski definition) is 1. The number of hydrogen-bond acceptors (Lipinski definition) is 3. The van der Waals surface area contributed by atoms with Crippen LogP contribution >= 0.6 is 11.3 Å². The van der Waals surface area contributed by atoms with E-state index in [2.05, 4.69) is 10.3 Å². The fourth-order valence-electron chi connectivity index (χ4n) is 3.11. The summed E-state index contributed by atoms with van der Waals surface area (Å²) in [5.74, 6) is 1.06. The van der Waals surface area contributed by atoms with E-state index >= 15 is 0 Å². The monoisotopic (exact) mass is 311 g/mol. The molecule has 5 heteroatoms. The predicted molar refractivity (Wildman–Crippen MR) is 89.1 cm³/mol. The van der Waals surface area contributed by atoms with Gasteiger partial charge < -0.3 is 5.32 Å². The first-order valence-electron chi connectivity index (χ1n) is 7.65. The molecule has 0 spiro atoms. The first-order chi connectivity index (χ1) is 10.8. The molecule has 1 aliphatic rings. The van der Waals surface area contributed by atoms with Gasteiger partial charge in [-0.2, -0.15) is 0 Å². The molecule has 1 saturated carbocycles. The second-order valence-electron chi connectivity index (χ2n) is 5.70. The molecule has 2 aromatic heterocycles. The summed E-state index contributed by atoms with van der Waals surface area (Å²) < 4.78 is 1.97. The number of fused-ring (bicyclic) bond motifs is 1. The first-order valence-corrected chi connectivity index (χ1v) is 8.53. The lowest BCUT2D eigenvalue weighted by molar-refractivity contribution is -0.119. The average Bonchev–Trinajstić information content (AvgIpc) is 3.26. The minimum Gasteiger partial charge on any atom is -0.310 e. The van der Waals surface area contributed by atoms with Crippen molar-refractivity contribution in [2.24, 2.45) is 5.92 Å². The molecule has 2 heterocycles. The van der Waals surface area contributed by atoms with Crippen LogP contribution in [0.2, 0.25) is 0 Å². The number of imidazole rings is 1. The first kappa shape index (κ1) is 13.5. The van der Waals surface area contributed by atoms with E-state index in [1.807, 2.05) is 46.3 Å². The Morgan fingerprint density at radius 2 is 2.00 bits per heavy atom. The third-order valence-corrected chi connectivity index (χ3v) is 5.03.